The number of nitrogens with zero attached hydrogens (tertiary/aromatic N) is 6. The van der Waals surface area contributed by atoms with E-state index in [-0.39, 0.29) is 0 Å². The molecule has 8 heteroatoms. The van der Waals surface area contributed by atoms with Crippen LogP contribution >= 0.6 is 0 Å². The minimum absolute atomic E-state index is 0.384. The topological polar surface area (TPSA) is 43.5 Å². The Kier molecular flexibility index (Phi) is 57.7. The largest absolute Gasteiger partial charge is 0.315 e. The van der Waals surface area contributed by atoms with Crippen LogP contribution in [0, 0.1) is 76.9 Å². The summed E-state index contributed by atoms with van der Waals surface area (Å²) in [6.07, 6.45) is 22.2. The van der Waals surface area contributed by atoms with E-state index in [9.17, 15) is 0 Å². The van der Waals surface area contributed by atoms with Crippen LogP contribution in [0.25, 0.3) is 0 Å². The standard InChI is InChI=1S/C12H25N.3C11H23N.2C10H21N.C9H21N.C8H19N.C3H8/c1-9(2)11-5-7-12(8-6-11)13-10(3)4;1-9(2)11-5-7-12(8-6-11)10(3)4;2*1-9(2)11-6-5-7-12(8-11)10(3)4;1-8(2)10-5-6-11(7-10)9(3)4;1-9-6-5-7-11(8-9)10(2,3)4;1-8(2)6-7-10(5)9(3)4;1-7(2)5-6-9-8(3)4;1-3-2/h9-13H,5-8H2,1-4H3;3*9-11H,5-8H2,1-4H3;8-10H,5-7H2,1-4H3;9H,5-8H2,1-4H3;8-9H,6-7H2,1-5H3;7-9H,5-6H2,1-4H3;3H2,1-2H3/t;;11-;;;9-;;;/m..1..0.../s1. The molecule has 5 heterocycles. The molecule has 0 aromatic rings. The molecule has 0 aromatic carbocycles. The van der Waals surface area contributed by atoms with Gasteiger partial charge in [0, 0.05) is 80.1 Å². The second kappa shape index (κ2) is 55.4. The first-order valence-corrected chi connectivity index (χ1v) is 41.0. The molecule has 5 saturated heterocycles. The van der Waals surface area contributed by atoms with Crippen molar-refractivity contribution in [2.75, 3.05) is 85.6 Å². The summed E-state index contributed by atoms with van der Waals surface area (Å²) in [4.78, 5) is 15.4. The number of hydrogen-bond acceptors (Lipinski definition) is 8. The van der Waals surface area contributed by atoms with Crippen LogP contribution in [-0.4, -0.2) is 169 Å². The highest BCUT2D eigenvalue weighted by Gasteiger charge is 2.29. The summed E-state index contributed by atoms with van der Waals surface area (Å²) in [7, 11) is 2.19. The van der Waals surface area contributed by atoms with Gasteiger partial charge in [-0.2, -0.15) is 0 Å². The summed E-state index contributed by atoms with van der Waals surface area (Å²) in [5.41, 5.74) is 0.384. The summed E-state index contributed by atoms with van der Waals surface area (Å²) in [6, 6.07) is 5.77. The van der Waals surface area contributed by atoms with Gasteiger partial charge in [-0.15, -0.1) is 0 Å². The highest BCUT2D eigenvalue weighted by molar-refractivity contribution is 4.84. The van der Waals surface area contributed by atoms with Gasteiger partial charge in [-0.05, 0) is 323 Å². The van der Waals surface area contributed by atoms with E-state index in [1.165, 1.54) is 175 Å². The molecule has 2 N–H and O–H groups in total. The molecule has 8 nitrogen and oxygen atoms in total. The second-order valence-electron chi connectivity index (χ2n) is 36.4. The average Bonchev–Trinajstić information content (AvgIpc) is 2.20. The number of rotatable bonds is 19. The molecule has 2 unspecified atom stereocenters. The zero-order chi connectivity index (χ0) is 72.3. The predicted molar refractivity (Wildman–Crippen MR) is 427 cm³/mol. The molecule has 6 rings (SSSR count). The minimum atomic E-state index is 0.384. The van der Waals surface area contributed by atoms with Crippen molar-refractivity contribution >= 4 is 0 Å². The van der Waals surface area contributed by atoms with Gasteiger partial charge in [0.05, 0.1) is 0 Å². The van der Waals surface area contributed by atoms with Gasteiger partial charge >= 0.3 is 0 Å². The predicted octanol–water partition coefficient (Wildman–Crippen LogP) is 22.2. The molecular formula is C85H184N8. The summed E-state index contributed by atoms with van der Waals surface area (Å²) in [6.45, 7) is 93.5. The van der Waals surface area contributed by atoms with Crippen molar-refractivity contribution in [3.63, 3.8) is 0 Å². The molecule has 93 heavy (non-hydrogen) atoms. The van der Waals surface area contributed by atoms with Crippen LogP contribution in [-0.2, 0) is 0 Å². The molecular weight excluding hydrogens is 1130 g/mol. The first kappa shape index (κ1) is 96.9. The molecule has 6 fully saturated rings. The van der Waals surface area contributed by atoms with Gasteiger partial charge in [0.1, 0.15) is 0 Å². The fraction of sp³-hybridized carbons (Fsp3) is 1.00. The van der Waals surface area contributed by atoms with Crippen LogP contribution in [0.15, 0.2) is 0 Å². The van der Waals surface area contributed by atoms with Crippen LogP contribution in [0.4, 0.5) is 0 Å². The summed E-state index contributed by atoms with van der Waals surface area (Å²) >= 11 is 0. The molecule has 0 amide bonds. The Bertz CT molecular complexity index is 1500. The van der Waals surface area contributed by atoms with Crippen LogP contribution in [0.1, 0.15) is 338 Å². The Hall–Kier alpha value is -0.320. The monoisotopic (exact) mass is 1320 g/mol. The molecule has 1 aliphatic carbocycles. The Morgan fingerprint density at radius 2 is 0.731 bits per heavy atom. The van der Waals surface area contributed by atoms with E-state index in [4.69, 9.17) is 0 Å². The van der Waals surface area contributed by atoms with E-state index in [2.05, 4.69) is 282 Å². The maximum Gasteiger partial charge on any atom is 0.0125 e. The third-order valence-corrected chi connectivity index (χ3v) is 21.6. The molecule has 0 spiro atoms. The van der Waals surface area contributed by atoms with E-state index >= 15 is 0 Å². The molecule has 0 aromatic heterocycles. The highest BCUT2D eigenvalue weighted by Crippen LogP contribution is 2.31. The third-order valence-electron chi connectivity index (χ3n) is 21.6. The number of piperidine rings is 4. The van der Waals surface area contributed by atoms with Crippen molar-refractivity contribution in [1.82, 2.24) is 40.0 Å². The summed E-state index contributed by atoms with van der Waals surface area (Å²) in [5, 5.41) is 7.02. The maximum absolute atomic E-state index is 3.64. The van der Waals surface area contributed by atoms with Crippen LogP contribution in [0.3, 0.4) is 0 Å². The number of hydrogen-bond donors (Lipinski definition) is 2. The summed E-state index contributed by atoms with van der Waals surface area (Å²) < 4.78 is 0. The van der Waals surface area contributed by atoms with Gasteiger partial charge in [-0.25, -0.2) is 0 Å². The van der Waals surface area contributed by atoms with Gasteiger partial charge in [-0.1, -0.05) is 152 Å². The number of nitrogens with one attached hydrogen (secondary N) is 2. The van der Waals surface area contributed by atoms with Crippen molar-refractivity contribution in [1.29, 1.82) is 0 Å². The lowest BCUT2D eigenvalue weighted by atomic mass is 9.79. The Balaban J connectivity index is -0.000000991. The second-order valence-corrected chi connectivity index (χ2v) is 36.4. The Morgan fingerprint density at radius 3 is 1.02 bits per heavy atom. The van der Waals surface area contributed by atoms with Crippen molar-refractivity contribution in [3.8, 4) is 0 Å². The Labute approximate surface area is 591 Å². The van der Waals surface area contributed by atoms with Crippen molar-refractivity contribution < 1.29 is 0 Å². The molecule has 6 aliphatic rings. The molecule has 5 aliphatic heterocycles. The normalized spacial score (nSPS) is 23.3. The van der Waals surface area contributed by atoms with Gasteiger partial charge in [0.25, 0.3) is 0 Å². The minimum Gasteiger partial charge on any atom is -0.315 e. The van der Waals surface area contributed by atoms with E-state index < -0.39 is 0 Å². The first-order valence-electron chi connectivity index (χ1n) is 41.0. The van der Waals surface area contributed by atoms with Crippen LogP contribution in [0.2, 0.25) is 0 Å². The van der Waals surface area contributed by atoms with Crippen LogP contribution in [0.5, 0.6) is 0 Å². The van der Waals surface area contributed by atoms with E-state index in [0.29, 0.717) is 23.7 Å². The maximum atomic E-state index is 3.64. The third kappa shape index (κ3) is 51.5. The van der Waals surface area contributed by atoms with Crippen molar-refractivity contribution in [2.24, 2.45) is 76.9 Å². The van der Waals surface area contributed by atoms with E-state index in [1.54, 1.807) is 0 Å². The van der Waals surface area contributed by atoms with Gasteiger partial charge in [-0.3, -0.25) is 4.90 Å². The smallest absolute Gasteiger partial charge is 0.0125 e. The lowest BCUT2D eigenvalue weighted by molar-refractivity contribution is 0.0843. The molecule has 4 atom stereocenters. The molecule has 0 radical (unpaired) electrons. The zero-order valence-corrected chi connectivity index (χ0v) is 71.1. The van der Waals surface area contributed by atoms with Gasteiger partial charge in [0.2, 0.25) is 0 Å². The first-order chi connectivity index (χ1) is 43.1. The summed E-state index contributed by atoms with van der Waals surface area (Å²) in [5.74, 6) is 11.8. The van der Waals surface area contributed by atoms with E-state index in [0.717, 1.165) is 114 Å². The van der Waals surface area contributed by atoms with E-state index in [1.807, 2.05) is 0 Å². The van der Waals surface area contributed by atoms with Gasteiger partial charge in [0.15, 0.2) is 0 Å². The zero-order valence-electron chi connectivity index (χ0n) is 71.1. The quantitative estimate of drug-likeness (QED) is 0.133. The molecule has 0 bridgehead atoms. The highest BCUT2D eigenvalue weighted by atomic mass is 15.2. The lowest BCUT2D eigenvalue weighted by Crippen LogP contribution is -2.46. The average molecular weight is 1320 g/mol. The number of likely N-dealkylation sites (tertiary alicyclic amines) is 5. The van der Waals surface area contributed by atoms with Crippen LogP contribution < -0.4 is 10.6 Å². The van der Waals surface area contributed by atoms with Crippen molar-refractivity contribution in [3.05, 3.63) is 0 Å². The lowest BCUT2D eigenvalue weighted by Gasteiger charge is -2.40. The SMILES string of the molecule is CC(C)C1CCCN(C(C)C)C1.CC(C)C1CCN(C(C)C)C1.CC(C)C1CCN(C(C)C)CC1.CC(C)CCN(C)C(C)C.CC(C)CCNC(C)C.CC(C)NC1CCC(C(C)C)CC1.CC(C)[C@@H]1CCCN(C(C)C)C1.CCC.C[C@H]1CCCN(C(C)(C)C)C1. The fourth-order valence-electron chi connectivity index (χ4n) is 13.6. The molecule has 564 valence electrons. The fourth-order valence-corrected chi connectivity index (χ4v) is 13.6. The molecule has 1 saturated carbocycles. The van der Waals surface area contributed by atoms with Crippen molar-refractivity contribution in [2.45, 2.75) is 392 Å². The Morgan fingerprint density at radius 1 is 0.387 bits per heavy atom. The van der Waals surface area contributed by atoms with Gasteiger partial charge < -0.3 is 35.1 Å².